The number of fused-ring (bicyclic) bond motifs is 1. The number of hydrogen-bond donors (Lipinski definition) is 1. The highest BCUT2D eigenvalue weighted by atomic mass is 79.9. The van der Waals surface area contributed by atoms with Gasteiger partial charge in [-0.05, 0) is 68.2 Å². The number of methoxy groups -OCH3 is 1. The van der Waals surface area contributed by atoms with E-state index in [1.165, 1.54) is 13.3 Å². The van der Waals surface area contributed by atoms with Crippen molar-refractivity contribution in [2.24, 2.45) is 5.10 Å². The molecule has 0 aliphatic carbocycles. The zero-order chi connectivity index (χ0) is 23.9. The molecule has 0 bridgehead atoms. The number of nitrogens with one attached hydrogen (secondary N) is 1. The fraction of sp³-hybridized carbons (Fsp3) is 0.0741. The number of rotatable bonds is 7. The van der Waals surface area contributed by atoms with Gasteiger partial charge in [0.1, 0.15) is 0 Å². The van der Waals surface area contributed by atoms with Gasteiger partial charge in [-0.3, -0.25) is 4.79 Å². The van der Waals surface area contributed by atoms with Crippen LogP contribution >= 0.6 is 15.9 Å². The Hall–Kier alpha value is -3.97. The number of hydrazone groups is 1. The Morgan fingerprint density at radius 1 is 0.941 bits per heavy atom. The summed E-state index contributed by atoms with van der Waals surface area (Å²) >= 11 is 3.35. The molecule has 0 heterocycles. The Kier molecular flexibility index (Phi) is 7.34. The summed E-state index contributed by atoms with van der Waals surface area (Å²) in [5.74, 6) is -0.0849. The maximum absolute atomic E-state index is 12.5. The van der Waals surface area contributed by atoms with E-state index in [0.29, 0.717) is 21.3 Å². The van der Waals surface area contributed by atoms with Crippen molar-refractivity contribution in [2.75, 3.05) is 7.11 Å². The molecule has 0 aromatic heterocycles. The van der Waals surface area contributed by atoms with Crippen molar-refractivity contribution in [1.82, 2.24) is 5.43 Å². The number of carbonyl (C=O) groups is 2. The van der Waals surface area contributed by atoms with E-state index in [-0.39, 0.29) is 18.1 Å². The van der Waals surface area contributed by atoms with E-state index < -0.39 is 5.97 Å². The minimum atomic E-state index is -0.507. The molecule has 0 atom stereocenters. The van der Waals surface area contributed by atoms with E-state index in [4.69, 9.17) is 9.47 Å². The lowest BCUT2D eigenvalue weighted by Crippen LogP contribution is -2.19. The monoisotopic (exact) mass is 516 g/mol. The van der Waals surface area contributed by atoms with Crippen LogP contribution in [0.15, 0.2) is 94.5 Å². The molecule has 0 aliphatic rings. The number of carbonyl (C=O) groups excluding carboxylic acids is 2. The van der Waals surface area contributed by atoms with Crippen molar-refractivity contribution in [1.29, 1.82) is 0 Å². The fourth-order valence-electron chi connectivity index (χ4n) is 3.47. The largest absolute Gasteiger partial charge is 0.493 e. The van der Waals surface area contributed by atoms with Crippen LogP contribution in [0.4, 0.5) is 0 Å². The Labute approximate surface area is 205 Å². The second-order valence-electron chi connectivity index (χ2n) is 7.39. The predicted octanol–water partition coefficient (Wildman–Crippen LogP) is 5.52. The number of amides is 1. The summed E-state index contributed by atoms with van der Waals surface area (Å²) < 4.78 is 11.5. The van der Waals surface area contributed by atoms with Crippen LogP contribution in [0.25, 0.3) is 10.8 Å². The third-order valence-electron chi connectivity index (χ3n) is 5.12. The number of ether oxygens (including phenoxy) is 2. The van der Waals surface area contributed by atoms with E-state index >= 15 is 0 Å². The van der Waals surface area contributed by atoms with Crippen molar-refractivity contribution >= 4 is 44.8 Å². The molecule has 0 spiro atoms. The van der Waals surface area contributed by atoms with E-state index in [0.717, 1.165) is 16.3 Å². The Morgan fingerprint density at radius 3 is 2.53 bits per heavy atom. The van der Waals surface area contributed by atoms with Gasteiger partial charge in [-0.2, -0.15) is 5.10 Å². The van der Waals surface area contributed by atoms with Crippen LogP contribution in [0.1, 0.15) is 21.5 Å². The molecule has 1 amide bonds. The zero-order valence-corrected chi connectivity index (χ0v) is 19.9. The van der Waals surface area contributed by atoms with Gasteiger partial charge >= 0.3 is 5.97 Å². The highest BCUT2D eigenvalue weighted by molar-refractivity contribution is 9.10. The first-order valence-corrected chi connectivity index (χ1v) is 11.3. The number of hydrogen-bond acceptors (Lipinski definition) is 5. The highest BCUT2D eigenvalue weighted by Crippen LogP contribution is 2.29. The van der Waals surface area contributed by atoms with Crippen LogP contribution in [0, 0.1) is 0 Å². The molecule has 0 fully saturated rings. The van der Waals surface area contributed by atoms with Crippen LogP contribution in [0.5, 0.6) is 11.5 Å². The topological polar surface area (TPSA) is 77.0 Å². The Balaban J connectivity index is 1.40. The fourth-order valence-corrected chi connectivity index (χ4v) is 3.91. The minimum Gasteiger partial charge on any atom is -0.493 e. The molecule has 0 saturated heterocycles. The number of benzene rings is 4. The van der Waals surface area contributed by atoms with E-state index in [1.807, 2.05) is 48.5 Å². The lowest BCUT2D eigenvalue weighted by molar-refractivity contribution is -0.120. The minimum absolute atomic E-state index is 0.214. The molecule has 0 unspecified atom stereocenters. The number of halogens is 1. The van der Waals surface area contributed by atoms with Crippen LogP contribution in [0.2, 0.25) is 0 Å². The van der Waals surface area contributed by atoms with Crippen molar-refractivity contribution in [3.63, 3.8) is 0 Å². The van der Waals surface area contributed by atoms with Crippen LogP contribution < -0.4 is 14.9 Å². The highest BCUT2D eigenvalue weighted by Gasteiger charge is 2.15. The lowest BCUT2D eigenvalue weighted by Gasteiger charge is -2.10. The molecule has 34 heavy (non-hydrogen) atoms. The summed E-state index contributed by atoms with van der Waals surface area (Å²) in [5, 5.41) is 6.18. The van der Waals surface area contributed by atoms with Gasteiger partial charge in [0.15, 0.2) is 11.5 Å². The number of nitrogens with zero attached hydrogens (tertiary/aromatic N) is 1. The molecule has 170 valence electrons. The predicted molar refractivity (Wildman–Crippen MR) is 135 cm³/mol. The second-order valence-corrected chi connectivity index (χ2v) is 8.24. The summed E-state index contributed by atoms with van der Waals surface area (Å²) in [4.78, 5) is 24.9. The average molecular weight is 517 g/mol. The lowest BCUT2D eigenvalue weighted by atomic mass is 10.0. The normalized spacial score (nSPS) is 10.9. The zero-order valence-electron chi connectivity index (χ0n) is 18.3. The van der Waals surface area contributed by atoms with Crippen molar-refractivity contribution < 1.29 is 19.1 Å². The van der Waals surface area contributed by atoms with Gasteiger partial charge in [0.05, 0.1) is 25.3 Å². The maximum atomic E-state index is 12.5. The summed E-state index contributed by atoms with van der Waals surface area (Å²) in [6.45, 7) is 0. The Morgan fingerprint density at radius 2 is 1.71 bits per heavy atom. The van der Waals surface area contributed by atoms with Crippen molar-refractivity contribution in [2.45, 2.75) is 6.42 Å². The molecular formula is C27H21BrN2O4. The summed E-state index contributed by atoms with van der Waals surface area (Å²) in [7, 11) is 1.48. The van der Waals surface area contributed by atoms with Crippen LogP contribution in [0.3, 0.4) is 0 Å². The SMILES string of the molecule is COc1cc(C=NNC(=O)Cc2cccc3ccccc23)ccc1OC(=O)c1ccccc1Br. The van der Waals surface area contributed by atoms with E-state index in [9.17, 15) is 9.59 Å². The van der Waals surface area contributed by atoms with Gasteiger partial charge in [-0.1, -0.05) is 54.6 Å². The molecule has 4 aromatic rings. The van der Waals surface area contributed by atoms with Crippen molar-refractivity contribution in [3.8, 4) is 11.5 Å². The van der Waals surface area contributed by atoms with Gasteiger partial charge in [0, 0.05) is 4.47 Å². The summed E-state index contributed by atoms with van der Waals surface area (Å²) in [5.41, 5.74) is 4.57. The summed E-state index contributed by atoms with van der Waals surface area (Å²) in [6.07, 6.45) is 1.72. The standard InChI is InChI=1S/C27H21BrN2O4/c1-33-25-15-18(13-14-24(25)34-27(32)22-11-4-5-12-23(22)28)17-29-30-26(31)16-20-9-6-8-19-7-2-3-10-21(19)20/h2-15,17H,16H2,1H3,(H,30,31). The number of esters is 1. The third kappa shape index (κ3) is 5.50. The Bertz CT molecular complexity index is 1380. The van der Waals surface area contributed by atoms with Crippen LogP contribution in [-0.4, -0.2) is 25.2 Å². The average Bonchev–Trinajstić information content (AvgIpc) is 2.85. The van der Waals surface area contributed by atoms with Crippen molar-refractivity contribution in [3.05, 3.63) is 106 Å². The molecule has 6 nitrogen and oxygen atoms in total. The third-order valence-corrected chi connectivity index (χ3v) is 5.81. The molecule has 4 aromatic carbocycles. The van der Waals surface area contributed by atoms with Gasteiger partial charge in [-0.15, -0.1) is 0 Å². The molecule has 7 heteroatoms. The second kappa shape index (κ2) is 10.8. The molecular weight excluding hydrogens is 496 g/mol. The van der Waals surface area contributed by atoms with E-state index in [2.05, 4.69) is 26.5 Å². The first-order chi connectivity index (χ1) is 16.5. The molecule has 0 aliphatic heterocycles. The van der Waals surface area contributed by atoms with Gasteiger partial charge in [-0.25, -0.2) is 10.2 Å². The molecule has 1 N–H and O–H groups in total. The van der Waals surface area contributed by atoms with Gasteiger partial charge in [0.25, 0.3) is 0 Å². The smallest absolute Gasteiger partial charge is 0.344 e. The summed E-state index contributed by atoms with van der Waals surface area (Å²) in [6, 6.07) is 25.8. The molecule has 0 radical (unpaired) electrons. The molecule has 4 rings (SSSR count). The first-order valence-electron chi connectivity index (χ1n) is 10.5. The first kappa shape index (κ1) is 23.2. The molecule has 0 saturated carbocycles. The van der Waals surface area contributed by atoms with Crippen LogP contribution in [-0.2, 0) is 11.2 Å². The van der Waals surface area contributed by atoms with Gasteiger partial charge in [0.2, 0.25) is 5.91 Å². The maximum Gasteiger partial charge on any atom is 0.344 e. The quantitative estimate of drug-likeness (QED) is 0.152. The van der Waals surface area contributed by atoms with Gasteiger partial charge < -0.3 is 9.47 Å². The van der Waals surface area contributed by atoms with E-state index in [1.54, 1.807) is 36.4 Å².